The summed E-state index contributed by atoms with van der Waals surface area (Å²) in [5.74, 6) is 0.100. The highest BCUT2D eigenvalue weighted by atomic mass is 32.2. The van der Waals surface area contributed by atoms with Crippen LogP contribution in [0.15, 0.2) is 35.6 Å². The summed E-state index contributed by atoms with van der Waals surface area (Å²) in [7, 11) is -1.45. The van der Waals surface area contributed by atoms with Crippen molar-refractivity contribution in [2.45, 2.75) is 30.7 Å². The number of anilines is 1. The van der Waals surface area contributed by atoms with Gasteiger partial charge < -0.3 is 0 Å². The fourth-order valence-electron chi connectivity index (χ4n) is 3.00. The van der Waals surface area contributed by atoms with Gasteiger partial charge in [-0.2, -0.15) is 0 Å². The van der Waals surface area contributed by atoms with Gasteiger partial charge in [-0.25, -0.2) is 18.4 Å². The molecule has 1 saturated carbocycles. The Hall–Kier alpha value is -2.00. The molecule has 1 aliphatic carbocycles. The van der Waals surface area contributed by atoms with Crippen LogP contribution in [0.4, 0.5) is 5.13 Å². The predicted octanol–water partition coefficient (Wildman–Crippen LogP) is 1.41. The molecular weight excluding hydrogens is 369 g/mol. The average Bonchev–Trinajstić information content (AvgIpc) is 3.23. The number of hydrogen-bond donors (Lipinski definition) is 1. The smallest absolute Gasteiger partial charge is 0.257 e. The molecule has 1 amide bonds. The lowest BCUT2D eigenvalue weighted by Crippen LogP contribution is -2.15. The molecule has 26 heavy (non-hydrogen) atoms. The summed E-state index contributed by atoms with van der Waals surface area (Å²) in [5.41, 5.74) is 1.12. The van der Waals surface area contributed by atoms with Crippen LogP contribution in [0.2, 0.25) is 0 Å². The summed E-state index contributed by atoms with van der Waals surface area (Å²) in [4.78, 5) is 21.0. The Morgan fingerprint density at radius 3 is 2.54 bits per heavy atom. The number of allylic oxidation sites excluding steroid dienone is 1. The molecule has 0 unspecified atom stereocenters. The zero-order valence-corrected chi connectivity index (χ0v) is 16.4. The standard InChI is InChI=1S/C17H20BN3O3S2/c1-26(23,24)15-7-6-12(9-19-15)13(8-11-4-2-3-5-11)16(22)21-17-20-10-14(18)25-17/h6-11H,2-5,18H2,1H3,(H,20,21,22)/b13-8+. The summed E-state index contributed by atoms with van der Waals surface area (Å²) >= 11 is 1.41. The summed E-state index contributed by atoms with van der Waals surface area (Å²) in [6, 6.07) is 3.07. The van der Waals surface area contributed by atoms with Gasteiger partial charge in [0.1, 0.15) is 0 Å². The molecule has 0 bridgehead atoms. The van der Waals surface area contributed by atoms with Crippen LogP contribution < -0.4 is 10.1 Å². The van der Waals surface area contributed by atoms with E-state index in [-0.39, 0.29) is 10.9 Å². The third-order valence-electron chi connectivity index (χ3n) is 4.32. The molecule has 0 atom stereocenters. The Labute approximate surface area is 158 Å². The molecule has 2 aromatic heterocycles. The zero-order chi connectivity index (χ0) is 18.7. The van der Waals surface area contributed by atoms with Crippen LogP contribution in [0.25, 0.3) is 5.57 Å². The number of nitrogens with zero attached hydrogens (tertiary/aromatic N) is 2. The van der Waals surface area contributed by atoms with Crippen LogP contribution in [0.1, 0.15) is 31.2 Å². The van der Waals surface area contributed by atoms with Crippen LogP contribution in [-0.2, 0) is 14.6 Å². The van der Waals surface area contributed by atoms with Crippen molar-refractivity contribution in [3.05, 3.63) is 36.2 Å². The van der Waals surface area contributed by atoms with Gasteiger partial charge in [-0.3, -0.25) is 10.1 Å². The Kier molecular flexibility index (Phi) is 5.57. The highest BCUT2D eigenvalue weighted by molar-refractivity contribution is 7.90. The number of pyridine rings is 1. The summed E-state index contributed by atoms with van der Waals surface area (Å²) < 4.78 is 24.2. The number of aromatic nitrogens is 2. The van der Waals surface area contributed by atoms with Crippen molar-refractivity contribution in [1.29, 1.82) is 0 Å². The molecule has 9 heteroatoms. The second-order valence-electron chi connectivity index (χ2n) is 6.51. The maximum atomic E-state index is 12.8. The van der Waals surface area contributed by atoms with Crippen molar-refractivity contribution in [1.82, 2.24) is 9.97 Å². The maximum absolute atomic E-state index is 12.8. The fourth-order valence-corrected chi connectivity index (χ4v) is 4.22. The van der Waals surface area contributed by atoms with Crippen molar-refractivity contribution >= 4 is 50.4 Å². The van der Waals surface area contributed by atoms with Crippen LogP contribution in [0.3, 0.4) is 0 Å². The Morgan fingerprint density at radius 1 is 1.27 bits per heavy atom. The van der Waals surface area contributed by atoms with E-state index in [0.717, 1.165) is 36.7 Å². The topological polar surface area (TPSA) is 89.0 Å². The molecule has 2 heterocycles. The van der Waals surface area contributed by atoms with Crippen molar-refractivity contribution < 1.29 is 13.2 Å². The van der Waals surface area contributed by atoms with E-state index in [1.807, 2.05) is 13.9 Å². The molecular formula is C17H20BN3O3S2. The van der Waals surface area contributed by atoms with E-state index in [1.54, 1.807) is 12.3 Å². The lowest BCUT2D eigenvalue weighted by Gasteiger charge is -2.11. The quantitative estimate of drug-likeness (QED) is 0.617. The average molecular weight is 389 g/mol. The summed E-state index contributed by atoms with van der Waals surface area (Å²) in [6.45, 7) is 0. The highest BCUT2D eigenvalue weighted by Gasteiger charge is 2.20. The van der Waals surface area contributed by atoms with Gasteiger partial charge in [-0.15, -0.1) is 11.3 Å². The number of hydrogen-bond acceptors (Lipinski definition) is 6. The van der Waals surface area contributed by atoms with E-state index in [2.05, 4.69) is 15.3 Å². The highest BCUT2D eigenvalue weighted by Crippen LogP contribution is 2.30. The lowest BCUT2D eigenvalue weighted by atomic mass is 9.99. The molecule has 136 valence electrons. The number of nitrogens with one attached hydrogen (secondary N) is 1. The van der Waals surface area contributed by atoms with Gasteiger partial charge in [-0.1, -0.05) is 18.9 Å². The second-order valence-corrected chi connectivity index (χ2v) is 9.71. The van der Waals surface area contributed by atoms with Gasteiger partial charge in [-0.05, 0) is 35.7 Å². The second kappa shape index (κ2) is 7.71. The number of carbonyl (C=O) groups excluding carboxylic acids is 1. The Morgan fingerprint density at radius 2 is 2.00 bits per heavy atom. The molecule has 0 aliphatic heterocycles. The number of carbonyl (C=O) groups is 1. The first-order chi connectivity index (χ1) is 12.3. The summed E-state index contributed by atoms with van der Waals surface area (Å²) in [6.07, 6.45) is 10.7. The molecule has 0 saturated heterocycles. The van der Waals surface area contributed by atoms with E-state index in [1.165, 1.54) is 23.6 Å². The molecule has 0 radical (unpaired) electrons. The molecule has 1 aliphatic rings. The van der Waals surface area contributed by atoms with Gasteiger partial charge in [0.25, 0.3) is 5.91 Å². The molecule has 1 N–H and O–H groups in total. The number of sulfone groups is 1. The van der Waals surface area contributed by atoms with Crippen LogP contribution in [0, 0.1) is 5.92 Å². The minimum Gasteiger partial charge on any atom is -0.298 e. The van der Waals surface area contributed by atoms with Gasteiger partial charge in [0.15, 0.2) is 27.8 Å². The van der Waals surface area contributed by atoms with Gasteiger partial charge >= 0.3 is 0 Å². The van der Waals surface area contributed by atoms with Crippen molar-refractivity contribution in [3.8, 4) is 0 Å². The molecule has 2 aromatic rings. The van der Waals surface area contributed by atoms with E-state index in [0.29, 0.717) is 22.2 Å². The van der Waals surface area contributed by atoms with E-state index in [4.69, 9.17) is 0 Å². The lowest BCUT2D eigenvalue weighted by molar-refractivity contribution is -0.111. The molecule has 6 nitrogen and oxygen atoms in total. The van der Waals surface area contributed by atoms with Crippen molar-refractivity contribution in [3.63, 3.8) is 0 Å². The monoisotopic (exact) mass is 389 g/mol. The van der Waals surface area contributed by atoms with Crippen LogP contribution in [0.5, 0.6) is 0 Å². The first-order valence-corrected chi connectivity index (χ1v) is 11.2. The van der Waals surface area contributed by atoms with Gasteiger partial charge in [0.2, 0.25) is 0 Å². The molecule has 0 spiro atoms. The van der Waals surface area contributed by atoms with Crippen LogP contribution in [-0.4, -0.2) is 38.4 Å². The minimum atomic E-state index is -3.37. The van der Waals surface area contributed by atoms with Gasteiger partial charge in [0.05, 0.1) is 0 Å². The van der Waals surface area contributed by atoms with Gasteiger partial charge in [0, 0.05) is 29.8 Å². The zero-order valence-electron chi connectivity index (χ0n) is 14.7. The van der Waals surface area contributed by atoms with E-state index >= 15 is 0 Å². The normalized spacial score (nSPS) is 16.0. The van der Waals surface area contributed by atoms with E-state index in [9.17, 15) is 13.2 Å². The third-order valence-corrected chi connectivity index (χ3v) is 6.15. The maximum Gasteiger partial charge on any atom is 0.257 e. The molecule has 3 rings (SSSR count). The predicted molar refractivity (Wildman–Crippen MR) is 106 cm³/mol. The van der Waals surface area contributed by atoms with E-state index < -0.39 is 9.84 Å². The first-order valence-electron chi connectivity index (χ1n) is 8.45. The Balaban J connectivity index is 1.91. The Bertz CT molecular complexity index is 930. The molecule has 1 fully saturated rings. The van der Waals surface area contributed by atoms with Crippen LogP contribution >= 0.6 is 11.3 Å². The fraction of sp³-hybridized carbons (Fsp3) is 0.353. The molecule has 0 aromatic carbocycles. The number of amides is 1. The van der Waals surface area contributed by atoms with Crippen molar-refractivity contribution in [2.75, 3.05) is 11.6 Å². The first kappa shape index (κ1) is 18.8. The number of thiazole rings is 1. The SMILES string of the molecule is Bc1cnc(NC(=O)/C(=C/C2CCCC2)c2ccc(S(C)(=O)=O)nc2)s1. The van der Waals surface area contributed by atoms with Crippen molar-refractivity contribution in [2.24, 2.45) is 5.92 Å². The minimum absolute atomic E-state index is 0.00239. The largest absolute Gasteiger partial charge is 0.298 e. The third kappa shape index (κ3) is 4.59. The number of rotatable bonds is 5. The summed E-state index contributed by atoms with van der Waals surface area (Å²) in [5, 5.41) is 3.38.